The van der Waals surface area contributed by atoms with E-state index in [1.54, 1.807) is 6.07 Å². The van der Waals surface area contributed by atoms with Crippen molar-refractivity contribution in [2.24, 2.45) is 0 Å². The Hall–Kier alpha value is -2.72. The van der Waals surface area contributed by atoms with Gasteiger partial charge in [-0.2, -0.15) is 0 Å². The van der Waals surface area contributed by atoms with E-state index < -0.39 is 0 Å². The summed E-state index contributed by atoms with van der Waals surface area (Å²) in [5.41, 5.74) is 6.50. The SMILES string of the molecule is Cc1ccc(C)c(Cn2cccc2CNC(=O)Nc2ccc(C)c(Cl)c2)c1. The fourth-order valence-electron chi connectivity index (χ4n) is 2.94. The van der Waals surface area contributed by atoms with E-state index in [-0.39, 0.29) is 6.03 Å². The number of hydrogen-bond acceptors (Lipinski definition) is 1. The Labute approximate surface area is 165 Å². The van der Waals surface area contributed by atoms with E-state index in [1.807, 2.05) is 37.4 Å². The average molecular weight is 382 g/mol. The molecule has 2 aromatic carbocycles. The molecule has 0 bridgehead atoms. The predicted molar refractivity (Wildman–Crippen MR) is 111 cm³/mol. The first-order valence-electron chi connectivity index (χ1n) is 8.93. The van der Waals surface area contributed by atoms with E-state index in [1.165, 1.54) is 16.7 Å². The van der Waals surface area contributed by atoms with Gasteiger partial charge in [-0.25, -0.2) is 4.79 Å². The number of rotatable bonds is 5. The van der Waals surface area contributed by atoms with Crippen LogP contribution in [0, 0.1) is 20.8 Å². The lowest BCUT2D eigenvalue weighted by Crippen LogP contribution is -2.29. The van der Waals surface area contributed by atoms with Crippen molar-refractivity contribution in [3.05, 3.63) is 87.7 Å². The molecule has 0 saturated carbocycles. The Balaban J connectivity index is 1.62. The summed E-state index contributed by atoms with van der Waals surface area (Å²) in [4.78, 5) is 12.2. The van der Waals surface area contributed by atoms with Crippen LogP contribution in [-0.2, 0) is 13.1 Å². The van der Waals surface area contributed by atoms with Gasteiger partial charge in [-0.15, -0.1) is 0 Å². The van der Waals surface area contributed by atoms with Gasteiger partial charge in [-0.05, 0) is 61.7 Å². The molecule has 0 aliphatic rings. The number of benzene rings is 2. The second kappa shape index (κ2) is 8.31. The number of nitrogens with zero attached hydrogens (tertiary/aromatic N) is 1. The third-order valence-electron chi connectivity index (χ3n) is 4.63. The monoisotopic (exact) mass is 381 g/mol. The molecule has 4 nitrogen and oxygen atoms in total. The molecule has 3 rings (SSSR count). The molecule has 0 unspecified atom stereocenters. The Morgan fingerprint density at radius 1 is 1.04 bits per heavy atom. The summed E-state index contributed by atoms with van der Waals surface area (Å²) >= 11 is 6.10. The smallest absolute Gasteiger partial charge is 0.319 e. The zero-order valence-electron chi connectivity index (χ0n) is 15.8. The van der Waals surface area contributed by atoms with Crippen LogP contribution < -0.4 is 10.6 Å². The number of carbonyl (C=O) groups is 1. The first-order chi connectivity index (χ1) is 12.9. The number of aryl methyl sites for hydroxylation is 3. The van der Waals surface area contributed by atoms with Crippen molar-refractivity contribution in [3.8, 4) is 0 Å². The van der Waals surface area contributed by atoms with Crippen LogP contribution in [0.1, 0.15) is 27.9 Å². The van der Waals surface area contributed by atoms with E-state index in [0.717, 1.165) is 17.8 Å². The Kier molecular flexibility index (Phi) is 5.87. The second-order valence-corrected chi connectivity index (χ2v) is 7.24. The van der Waals surface area contributed by atoms with Gasteiger partial charge >= 0.3 is 6.03 Å². The molecule has 2 amide bonds. The lowest BCUT2D eigenvalue weighted by atomic mass is 10.1. The topological polar surface area (TPSA) is 46.1 Å². The summed E-state index contributed by atoms with van der Waals surface area (Å²) < 4.78 is 2.16. The molecule has 2 N–H and O–H groups in total. The molecule has 1 aromatic heterocycles. The molecular formula is C22H24ClN3O. The van der Waals surface area contributed by atoms with Crippen molar-refractivity contribution < 1.29 is 4.79 Å². The Morgan fingerprint density at radius 2 is 1.81 bits per heavy atom. The Bertz CT molecular complexity index is 962. The number of carbonyl (C=O) groups excluding carboxylic acids is 1. The van der Waals surface area contributed by atoms with Crippen molar-refractivity contribution in [2.75, 3.05) is 5.32 Å². The van der Waals surface area contributed by atoms with Crippen LogP contribution in [0.25, 0.3) is 0 Å². The summed E-state index contributed by atoms with van der Waals surface area (Å²) in [5, 5.41) is 6.35. The largest absolute Gasteiger partial charge is 0.345 e. The number of anilines is 1. The zero-order chi connectivity index (χ0) is 19.4. The lowest BCUT2D eigenvalue weighted by molar-refractivity contribution is 0.251. The van der Waals surface area contributed by atoms with Gasteiger partial charge in [-0.1, -0.05) is 41.4 Å². The molecule has 0 aliphatic carbocycles. The lowest BCUT2D eigenvalue weighted by Gasteiger charge is -2.13. The molecular weight excluding hydrogens is 358 g/mol. The van der Waals surface area contributed by atoms with Gasteiger partial charge < -0.3 is 15.2 Å². The summed E-state index contributed by atoms with van der Waals surface area (Å²) in [7, 11) is 0. The Morgan fingerprint density at radius 3 is 2.59 bits per heavy atom. The minimum Gasteiger partial charge on any atom is -0.345 e. The molecule has 0 saturated heterocycles. The van der Waals surface area contributed by atoms with Gasteiger partial charge in [0.25, 0.3) is 0 Å². The zero-order valence-corrected chi connectivity index (χ0v) is 16.6. The van der Waals surface area contributed by atoms with E-state index in [9.17, 15) is 4.79 Å². The first kappa shape index (κ1) is 19.1. The van der Waals surface area contributed by atoms with E-state index in [4.69, 9.17) is 11.6 Å². The van der Waals surface area contributed by atoms with Crippen molar-refractivity contribution in [1.82, 2.24) is 9.88 Å². The highest BCUT2D eigenvalue weighted by Gasteiger charge is 2.07. The van der Waals surface area contributed by atoms with Crippen LogP contribution in [0.5, 0.6) is 0 Å². The summed E-state index contributed by atoms with van der Waals surface area (Å²) in [6, 6.07) is 15.7. The molecule has 27 heavy (non-hydrogen) atoms. The fourth-order valence-corrected chi connectivity index (χ4v) is 3.12. The van der Waals surface area contributed by atoms with Crippen molar-refractivity contribution in [2.45, 2.75) is 33.9 Å². The number of halogens is 1. The van der Waals surface area contributed by atoms with Gasteiger partial charge in [-0.3, -0.25) is 0 Å². The van der Waals surface area contributed by atoms with E-state index in [2.05, 4.69) is 47.2 Å². The highest BCUT2D eigenvalue weighted by atomic mass is 35.5. The molecule has 0 atom stereocenters. The fraction of sp³-hybridized carbons (Fsp3) is 0.227. The molecule has 3 aromatic rings. The van der Waals surface area contributed by atoms with Gasteiger partial charge in [0.1, 0.15) is 0 Å². The number of hydrogen-bond donors (Lipinski definition) is 2. The highest BCUT2D eigenvalue weighted by molar-refractivity contribution is 6.31. The summed E-state index contributed by atoms with van der Waals surface area (Å²) in [6.07, 6.45) is 2.04. The number of aromatic nitrogens is 1. The van der Waals surface area contributed by atoms with Crippen LogP contribution >= 0.6 is 11.6 Å². The van der Waals surface area contributed by atoms with Crippen LogP contribution in [0.4, 0.5) is 10.5 Å². The van der Waals surface area contributed by atoms with Gasteiger partial charge in [0, 0.05) is 29.1 Å². The maximum atomic E-state index is 12.2. The van der Waals surface area contributed by atoms with Crippen molar-refractivity contribution in [3.63, 3.8) is 0 Å². The first-order valence-corrected chi connectivity index (χ1v) is 9.31. The maximum Gasteiger partial charge on any atom is 0.319 e. The van der Waals surface area contributed by atoms with Crippen LogP contribution in [0.3, 0.4) is 0 Å². The number of nitrogens with one attached hydrogen (secondary N) is 2. The molecule has 5 heteroatoms. The normalized spacial score (nSPS) is 10.7. The van der Waals surface area contributed by atoms with E-state index in [0.29, 0.717) is 17.3 Å². The minimum absolute atomic E-state index is 0.255. The summed E-state index contributed by atoms with van der Waals surface area (Å²) in [5.74, 6) is 0. The molecule has 0 fully saturated rings. The van der Waals surface area contributed by atoms with Crippen LogP contribution in [0.15, 0.2) is 54.7 Å². The molecule has 0 radical (unpaired) electrons. The molecule has 0 spiro atoms. The minimum atomic E-state index is -0.255. The molecule has 1 heterocycles. The highest BCUT2D eigenvalue weighted by Crippen LogP contribution is 2.20. The second-order valence-electron chi connectivity index (χ2n) is 6.83. The molecule has 0 aliphatic heterocycles. The van der Waals surface area contributed by atoms with Crippen molar-refractivity contribution in [1.29, 1.82) is 0 Å². The average Bonchev–Trinajstić information content (AvgIpc) is 3.07. The predicted octanol–water partition coefficient (Wildman–Crippen LogP) is 5.44. The summed E-state index contributed by atoms with van der Waals surface area (Å²) in [6.45, 7) is 7.38. The van der Waals surface area contributed by atoms with E-state index >= 15 is 0 Å². The quantitative estimate of drug-likeness (QED) is 0.607. The van der Waals surface area contributed by atoms with Crippen LogP contribution in [-0.4, -0.2) is 10.6 Å². The number of amides is 2. The van der Waals surface area contributed by atoms with Crippen molar-refractivity contribution >= 4 is 23.3 Å². The van der Waals surface area contributed by atoms with Gasteiger partial charge in [0.15, 0.2) is 0 Å². The molecule has 140 valence electrons. The van der Waals surface area contributed by atoms with Gasteiger partial charge in [0.05, 0.1) is 6.54 Å². The third-order valence-corrected chi connectivity index (χ3v) is 5.04. The number of urea groups is 1. The third kappa shape index (κ3) is 4.92. The standard InChI is InChI=1S/C22H24ClN3O/c1-15-6-7-16(2)18(11-15)14-26-10-4-5-20(26)13-24-22(27)25-19-9-8-17(3)21(23)12-19/h4-12H,13-14H2,1-3H3,(H2,24,25,27). The van der Waals surface area contributed by atoms with Gasteiger partial charge in [0.2, 0.25) is 0 Å². The van der Waals surface area contributed by atoms with Crippen LogP contribution in [0.2, 0.25) is 5.02 Å². The maximum absolute atomic E-state index is 12.2.